The lowest BCUT2D eigenvalue weighted by molar-refractivity contribution is -0.310. The van der Waals surface area contributed by atoms with Crippen LogP contribution in [0.25, 0.3) is 0 Å². The molecule has 1 heterocycles. The van der Waals surface area contributed by atoms with Crippen LogP contribution in [0.2, 0.25) is 0 Å². The van der Waals surface area contributed by atoms with Crippen molar-refractivity contribution < 1.29 is 39.8 Å². The van der Waals surface area contributed by atoms with E-state index in [1.807, 2.05) is 6.92 Å². The van der Waals surface area contributed by atoms with Crippen LogP contribution in [-0.2, 0) is 14.3 Å². The lowest BCUT2D eigenvalue weighted by Gasteiger charge is -2.40. The molecule has 8 nitrogen and oxygen atoms in total. The molecule has 5 N–H and O–H groups in total. The van der Waals surface area contributed by atoms with Crippen molar-refractivity contribution in [3.63, 3.8) is 0 Å². The van der Waals surface area contributed by atoms with Crippen molar-refractivity contribution in [1.82, 2.24) is 0 Å². The van der Waals surface area contributed by atoms with Gasteiger partial charge in [-0.15, -0.1) is 0 Å². The monoisotopic (exact) mass is 446 g/mol. The second-order valence-electron chi connectivity index (χ2n) is 8.45. The number of carbonyl (C=O) groups is 1. The topological polar surface area (TPSA) is 137 Å². The number of unbranched alkanes of at least 4 members (excludes halogenated alkanes) is 8. The smallest absolute Gasteiger partial charge is 0.303 e. The molecular weight excluding hydrogens is 404 g/mol. The second-order valence-corrected chi connectivity index (χ2v) is 8.45. The summed E-state index contributed by atoms with van der Waals surface area (Å²) in [6.45, 7) is 1.42. The van der Waals surface area contributed by atoms with Crippen molar-refractivity contribution in [2.24, 2.45) is 0 Å². The first kappa shape index (κ1) is 28.0. The van der Waals surface area contributed by atoms with Crippen LogP contribution in [0.5, 0.6) is 0 Å². The summed E-state index contributed by atoms with van der Waals surface area (Å²) in [5, 5.41) is 47.4. The second kappa shape index (κ2) is 16.6. The molecule has 0 aliphatic carbocycles. The summed E-state index contributed by atoms with van der Waals surface area (Å²) in [6, 6.07) is 0. The zero-order valence-corrected chi connectivity index (χ0v) is 18.8. The number of rotatable bonds is 17. The van der Waals surface area contributed by atoms with E-state index < -0.39 is 43.3 Å². The van der Waals surface area contributed by atoms with Gasteiger partial charge in [0.05, 0.1) is 12.7 Å². The number of carboxylic acid groups (broad SMARTS) is 1. The molecule has 0 aromatic carbocycles. The SMILES string of the molecule is CC(CCCCCC/C=C/CCCCCCC(=O)O)O[C@@H]1OC(CO)[C@@H](O)C(O)[C@@H]1O. The highest BCUT2D eigenvalue weighted by molar-refractivity contribution is 5.66. The first-order valence-corrected chi connectivity index (χ1v) is 11.7. The summed E-state index contributed by atoms with van der Waals surface area (Å²) >= 11 is 0. The summed E-state index contributed by atoms with van der Waals surface area (Å²) in [5.41, 5.74) is 0. The fourth-order valence-corrected chi connectivity index (χ4v) is 3.65. The van der Waals surface area contributed by atoms with Crippen LogP contribution in [0.1, 0.15) is 84.0 Å². The van der Waals surface area contributed by atoms with E-state index in [4.69, 9.17) is 14.6 Å². The number of aliphatic hydroxyl groups is 4. The molecule has 1 rings (SSSR count). The molecule has 0 aromatic rings. The van der Waals surface area contributed by atoms with Gasteiger partial charge in [-0.25, -0.2) is 0 Å². The normalized spacial score (nSPS) is 27.6. The lowest BCUT2D eigenvalue weighted by atomic mass is 9.99. The molecule has 31 heavy (non-hydrogen) atoms. The van der Waals surface area contributed by atoms with Crippen LogP contribution in [0.4, 0.5) is 0 Å². The van der Waals surface area contributed by atoms with Gasteiger partial charge >= 0.3 is 5.97 Å². The first-order chi connectivity index (χ1) is 14.9. The largest absolute Gasteiger partial charge is 0.481 e. The minimum absolute atomic E-state index is 0.170. The van der Waals surface area contributed by atoms with Gasteiger partial charge in [0.15, 0.2) is 6.29 Å². The Hall–Kier alpha value is -1.03. The Morgan fingerprint density at radius 3 is 2.06 bits per heavy atom. The third-order valence-electron chi connectivity index (χ3n) is 5.62. The number of hydrogen-bond donors (Lipinski definition) is 5. The molecule has 8 heteroatoms. The Kier molecular flexibility index (Phi) is 15.0. The van der Waals surface area contributed by atoms with Crippen molar-refractivity contribution in [2.75, 3.05) is 6.61 Å². The molecule has 0 spiro atoms. The van der Waals surface area contributed by atoms with E-state index in [1.54, 1.807) is 0 Å². The van der Waals surface area contributed by atoms with Crippen molar-refractivity contribution >= 4 is 5.97 Å². The maximum absolute atomic E-state index is 10.4. The zero-order valence-electron chi connectivity index (χ0n) is 18.8. The Labute approximate surface area is 185 Å². The molecule has 1 saturated heterocycles. The average Bonchev–Trinajstić information content (AvgIpc) is 2.74. The van der Waals surface area contributed by atoms with Crippen molar-refractivity contribution in [1.29, 1.82) is 0 Å². The highest BCUT2D eigenvalue weighted by Gasteiger charge is 2.44. The van der Waals surface area contributed by atoms with Crippen LogP contribution in [0.15, 0.2) is 12.2 Å². The molecule has 0 aromatic heterocycles. The van der Waals surface area contributed by atoms with Gasteiger partial charge in [0.2, 0.25) is 0 Å². The molecule has 182 valence electrons. The molecule has 0 bridgehead atoms. The third kappa shape index (κ3) is 12.0. The van der Waals surface area contributed by atoms with E-state index in [1.165, 1.54) is 0 Å². The summed E-state index contributed by atoms with van der Waals surface area (Å²) in [7, 11) is 0. The molecular formula is C23H42O8. The number of aliphatic hydroxyl groups excluding tert-OH is 4. The van der Waals surface area contributed by atoms with E-state index in [0.29, 0.717) is 0 Å². The van der Waals surface area contributed by atoms with Gasteiger partial charge in [-0.05, 0) is 45.4 Å². The summed E-state index contributed by atoms with van der Waals surface area (Å²) in [4.78, 5) is 10.4. The number of aliphatic carboxylic acids is 1. The van der Waals surface area contributed by atoms with Crippen LogP contribution in [0, 0.1) is 0 Å². The van der Waals surface area contributed by atoms with Gasteiger partial charge in [0.1, 0.15) is 24.4 Å². The minimum atomic E-state index is -1.41. The lowest BCUT2D eigenvalue weighted by Crippen LogP contribution is -2.59. The number of allylic oxidation sites excluding steroid dienone is 2. The van der Waals surface area contributed by atoms with Gasteiger partial charge in [0.25, 0.3) is 0 Å². The fourth-order valence-electron chi connectivity index (χ4n) is 3.65. The molecule has 3 unspecified atom stereocenters. The Balaban J connectivity index is 2.01. The Bertz CT molecular complexity index is 496. The van der Waals surface area contributed by atoms with E-state index in [2.05, 4.69) is 12.2 Å². The predicted octanol–water partition coefficient (Wildman–Crippen LogP) is 2.51. The summed E-state index contributed by atoms with van der Waals surface area (Å²) < 4.78 is 11.0. The molecule has 1 aliphatic heterocycles. The average molecular weight is 447 g/mol. The van der Waals surface area contributed by atoms with E-state index in [-0.39, 0.29) is 12.5 Å². The quantitative estimate of drug-likeness (QED) is 0.170. The Morgan fingerprint density at radius 1 is 0.903 bits per heavy atom. The Morgan fingerprint density at radius 2 is 1.48 bits per heavy atom. The number of ether oxygens (including phenoxy) is 2. The van der Waals surface area contributed by atoms with E-state index >= 15 is 0 Å². The number of carboxylic acids is 1. The molecule has 0 radical (unpaired) electrons. The molecule has 1 aliphatic rings. The number of hydrogen-bond acceptors (Lipinski definition) is 7. The van der Waals surface area contributed by atoms with Gasteiger partial charge in [-0.3, -0.25) is 4.79 Å². The maximum atomic E-state index is 10.4. The third-order valence-corrected chi connectivity index (χ3v) is 5.62. The van der Waals surface area contributed by atoms with Crippen LogP contribution < -0.4 is 0 Å². The molecule has 1 fully saturated rings. The first-order valence-electron chi connectivity index (χ1n) is 11.7. The van der Waals surface area contributed by atoms with Gasteiger partial charge in [-0.1, -0.05) is 44.3 Å². The van der Waals surface area contributed by atoms with E-state index in [9.17, 15) is 25.2 Å². The molecule has 0 saturated carbocycles. The summed E-state index contributed by atoms with van der Waals surface area (Å²) in [5.74, 6) is -0.712. The van der Waals surface area contributed by atoms with Crippen LogP contribution >= 0.6 is 0 Å². The highest BCUT2D eigenvalue weighted by atomic mass is 16.7. The highest BCUT2D eigenvalue weighted by Crippen LogP contribution is 2.24. The summed E-state index contributed by atoms with van der Waals surface area (Å²) in [6.07, 6.45) is 9.62. The van der Waals surface area contributed by atoms with Crippen molar-refractivity contribution in [3.05, 3.63) is 12.2 Å². The van der Waals surface area contributed by atoms with Crippen LogP contribution in [0.3, 0.4) is 0 Å². The van der Waals surface area contributed by atoms with Crippen molar-refractivity contribution in [2.45, 2.75) is 121 Å². The zero-order chi connectivity index (χ0) is 23.1. The van der Waals surface area contributed by atoms with E-state index in [0.717, 1.165) is 70.6 Å². The van der Waals surface area contributed by atoms with Gasteiger partial charge in [-0.2, -0.15) is 0 Å². The van der Waals surface area contributed by atoms with Crippen molar-refractivity contribution in [3.8, 4) is 0 Å². The standard InChI is InChI=1S/C23H42O8/c1-17(30-23-22(29)21(28)20(27)18(16-24)31-23)14-12-10-8-6-4-2-3-5-7-9-11-13-15-19(25)26/h2-3,17-18,20-24,27-29H,4-16H2,1H3,(H,25,26)/b3-2+/t17?,18?,20-,21?,22+,23-/m1/s1. The van der Waals surface area contributed by atoms with Gasteiger partial charge in [0, 0.05) is 6.42 Å². The predicted molar refractivity (Wildman–Crippen MR) is 116 cm³/mol. The molecule has 0 amide bonds. The molecule has 6 atom stereocenters. The maximum Gasteiger partial charge on any atom is 0.303 e. The van der Waals surface area contributed by atoms with Crippen LogP contribution in [-0.4, -0.2) is 74.9 Å². The minimum Gasteiger partial charge on any atom is -0.481 e. The van der Waals surface area contributed by atoms with Gasteiger partial charge < -0.3 is 35.0 Å². The fraction of sp³-hybridized carbons (Fsp3) is 0.870.